The van der Waals surface area contributed by atoms with Crippen LogP contribution in [0.4, 0.5) is 0 Å². The van der Waals surface area contributed by atoms with Crippen molar-refractivity contribution < 1.29 is 23.9 Å². The molecule has 2 aromatic carbocycles. The molecule has 1 amide bonds. The lowest BCUT2D eigenvalue weighted by Crippen LogP contribution is -2.28. The summed E-state index contributed by atoms with van der Waals surface area (Å²) in [5.41, 5.74) is 1.42. The van der Waals surface area contributed by atoms with E-state index < -0.39 is 18.0 Å². The van der Waals surface area contributed by atoms with Gasteiger partial charge in [-0.2, -0.15) is 0 Å². The van der Waals surface area contributed by atoms with E-state index in [2.05, 4.69) is 5.32 Å². The SMILES string of the molecule is CC(=O)NCc1ccc(C(=O)C(C)OC(=O)C2c3ccccc3Oc3ccccc32)s1. The van der Waals surface area contributed by atoms with Gasteiger partial charge in [0.1, 0.15) is 17.4 Å². The summed E-state index contributed by atoms with van der Waals surface area (Å²) in [4.78, 5) is 38.4. The summed E-state index contributed by atoms with van der Waals surface area (Å²) in [6, 6.07) is 18.1. The first-order chi connectivity index (χ1) is 14.9. The molecular formula is C24H21NO5S. The monoisotopic (exact) mass is 435 g/mol. The lowest BCUT2D eigenvalue weighted by Gasteiger charge is -2.27. The summed E-state index contributed by atoms with van der Waals surface area (Å²) in [6.45, 7) is 3.37. The van der Waals surface area contributed by atoms with E-state index in [0.29, 0.717) is 34.0 Å². The number of benzene rings is 2. The molecule has 0 saturated carbocycles. The summed E-state index contributed by atoms with van der Waals surface area (Å²) in [7, 11) is 0. The third kappa shape index (κ3) is 4.36. The zero-order valence-electron chi connectivity index (χ0n) is 17.1. The molecule has 0 saturated heterocycles. The van der Waals surface area contributed by atoms with Gasteiger partial charge in [0, 0.05) is 22.9 Å². The fourth-order valence-electron chi connectivity index (χ4n) is 3.48. The number of ketones is 1. The van der Waals surface area contributed by atoms with Gasteiger partial charge in [0.15, 0.2) is 6.10 Å². The highest BCUT2D eigenvalue weighted by atomic mass is 32.1. The molecule has 1 unspecified atom stereocenters. The lowest BCUT2D eigenvalue weighted by atomic mass is 9.88. The Kier molecular flexibility index (Phi) is 5.86. The Balaban J connectivity index is 1.52. The Bertz CT molecular complexity index is 1110. The maximum atomic E-state index is 13.2. The van der Waals surface area contributed by atoms with Crippen LogP contribution < -0.4 is 10.1 Å². The Labute approximate surface area is 183 Å². The van der Waals surface area contributed by atoms with Crippen LogP contribution in [-0.2, 0) is 20.9 Å². The molecule has 6 nitrogen and oxygen atoms in total. The number of thiophene rings is 1. The number of Topliss-reactive ketones (excluding diaryl/α,β-unsaturated/α-hetero) is 1. The van der Waals surface area contributed by atoms with E-state index in [1.165, 1.54) is 18.3 Å². The van der Waals surface area contributed by atoms with E-state index in [0.717, 1.165) is 4.88 Å². The molecule has 0 radical (unpaired) electrons. The Morgan fingerprint density at radius 3 is 2.23 bits per heavy atom. The predicted octanol–water partition coefficient (Wildman–Crippen LogP) is 4.44. The highest BCUT2D eigenvalue weighted by Gasteiger charge is 2.35. The van der Waals surface area contributed by atoms with Gasteiger partial charge in [0.05, 0.1) is 11.4 Å². The second-order valence-electron chi connectivity index (χ2n) is 7.23. The van der Waals surface area contributed by atoms with Crippen molar-refractivity contribution >= 4 is 29.0 Å². The van der Waals surface area contributed by atoms with Gasteiger partial charge in [-0.25, -0.2) is 0 Å². The third-order valence-corrected chi connectivity index (χ3v) is 6.09. The van der Waals surface area contributed by atoms with E-state index in [1.807, 2.05) is 48.5 Å². The number of rotatable bonds is 6. The number of hydrogen-bond donors (Lipinski definition) is 1. The van der Waals surface area contributed by atoms with Crippen molar-refractivity contribution in [1.82, 2.24) is 5.32 Å². The molecule has 1 aliphatic rings. The number of carbonyl (C=O) groups excluding carboxylic acids is 3. The first-order valence-electron chi connectivity index (χ1n) is 9.87. The van der Waals surface area contributed by atoms with Crippen molar-refractivity contribution in [2.75, 3.05) is 0 Å². The molecule has 1 aromatic heterocycles. The summed E-state index contributed by atoms with van der Waals surface area (Å²) >= 11 is 1.28. The van der Waals surface area contributed by atoms with Gasteiger partial charge in [-0.15, -0.1) is 11.3 Å². The fraction of sp³-hybridized carbons (Fsp3) is 0.208. The molecule has 1 atom stereocenters. The molecule has 0 aliphatic carbocycles. The van der Waals surface area contributed by atoms with Crippen LogP contribution in [-0.4, -0.2) is 23.8 Å². The van der Waals surface area contributed by atoms with E-state index in [9.17, 15) is 14.4 Å². The second kappa shape index (κ2) is 8.73. The zero-order valence-corrected chi connectivity index (χ0v) is 17.9. The van der Waals surface area contributed by atoms with Crippen LogP contribution >= 0.6 is 11.3 Å². The Morgan fingerprint density at radius 1 is 1.00 bits per heavy atom. The molecule has 0 spiro atoms. The summed E-state index contributed by atoms with van der Waals surface area (Å²) in [5.74, 6) is -0.387. The summed E-state index contributed by atoms with van der Waals surface area (Å²) < 4.78 is 11.5. The van der Waals surface area contributed by atoms with Crippen molar-refractivity contribution in [1.29, 1.82) is 0 Å². The molecule has 0 fully saturated rings. The number of carbonyl (C=O) groups is 3. The van der Waals surface area contributed by atoms with E-state index in [4.69, 9.17) is 9.47 Å². The topological polar surface area (TPSA) is 81.7 Å². The Hall–Kier alpha value is -3.45. The van der Waals surface area contributed by atoms with Crippen molar-refractivity contribution in [3.63, 3.8) is 0 Å². The third-order valence-electron chi connectivity index (χ3n) is 4.99. The predicted molar refractivity (Wildman–Crippen MR) is 117 cm³/mol. The van der Waals surface area contributed by atoms with Crippen molar-refractivity contribution in [2.24, 2.45) is 0 Å². The van der Waals surface area contributed by atoms with Crippen LogP contribution in [0.3, 0.4) is 0 Å². The minimum absolute atomic E-state index is 0.138. The molecule has 1 aliphatic heterocycles. The van der Waals surface area contributed by atoms with Crippen molar-refractivity contribution in [3.8, 4) is 11.5 Å². The normalized spacial score (nSPS) is 13.4. The summed E-state index contributed by atoms with van der Waals surface area (Å²) in [5, 5.41) is 2.70. The molecule has 31 heavy (non-hydrogen) atoms. The van der Waals surface area contributed by atoms with Crippen LogP contribution in [0.1, 0.15) is 45.4 Å². The minimum atomic E-state index is -0.943. The Morgan fingerprint density at radius 2 is 1.61 bits per heavy atom. The molecule has 7 heteroatoms. The number of para-hydroxylation sites is 2. The highest BCUT2D eigenvalue weighted by molar-refractivity contribution is 7.14. The van der Waals surface area contributed by atoms with Gasteiger partial charge in [0.25, 0.3) is 0 Å². The quantitative estimate of drug-likeness (QED) is 0.457. The standard InChI is InChI=1S/C24H21NO5S/c1-14(23(27)21-12-11-16(31-21)13-25-15(2)26)29-24(28)22-17-7-3-5-9-19(17)30-20-10-6-4-8-18(20)22/h3-12,14,22H,13H2,1-2H3,(H,25,26). The average molecular weight is 436 g/mol. The number of esters is 1. The van der Waals surface area contributed by atoms with Gasteiger partial charge in [-0.05, 0) is 31.2 Å². The smallest absolute Gasteiger partial charge is 0.318 e. The van der Waals surface area contributed by atoms with Crippen molar-refractivity contribution in [2.45, 2.75) is 32.4 Å². The number of amides is 1. The molecule has 2 heterocycles. The number of hydrogen-bond acceptors (Lipinski definition) is 6. The molecule has 1 N–H and O–H groups in total. The molecule has 4 rings (SSSR count). The maximum Gasteiger partial charge on any atom is 0.318 e. The zero-order chi connectivity index (χ0) is 22.0. The van der Waals surface area contributed by atoms with Crippen LogP contribution in [0.5, 0.6) is 11.5 Å². The second-order valence-corrected chi connectivity index (χ2v) is 8.40. The summed E-state index contributed by atoms with van der Waals surface area (Å²) in [6.07, 6.45) is -0.943. The van der Waals surface area contributed by atoms with Gasteiger partial charge >= 0.3 is 5.97 Å². The van der Waals surface area contributed by atoms with Crippen LogP contribution in [0.2, 0.25) is 0 Å². The average Bonchev–Trinajstić information content (AvgIpc) is 3.24. The minimum Gasteiger partial charge on any atom is -0.457 e. The lowest BCUT2D eigenvalue weighted by molar-refractivity contribution is -0.147. The number of nitrogens with one attached hydrogen (secondary N) is 1. The van der Waals surface area contributed by atoms with E-state index in [-0.39, 0.29) is 11.7 Å². The van der Waals surface area contributed by atoms with E-state index >= 15 is 0 Å². The van der Waals surface area contributed by atoms with Gasteiger partial charge < -0.3 is 14.8 Å². The molecule has 0 bridgehead atoms. The molecule has 158 valence electrons. The molecule has 3 aromatic rings. The van der Waals surface area contributed by atoms with Gasteiger partial charge in [0.2, 0.25) is 11.7 Å². The first-order valence-corrected chi connectivity index (χ1v) is 10.7. The van der Waals surface area contributed by atoms with Gasteiger partial charge in [-0.1, -0.05) is 36.4 Å². The van der Waals surface area contributed by atoms with Crippen LogP contribution in [0.25, 0.3) is 0 Å². The fourth-order valence-corrected chi connectivity index (χ4v) is 4.44. The van der Waals surface area contributed by atoms with Crippen LogP contribution in [0.15, 0.2) is 60.7 Å². The van der Waals surface area contributed by atoms with Crippen molar-refractivity contribution in [3.05, 3.63) is 81.5 Å². The van der Waals surface area contributed by atoms with E-state index in [1.54, 1.807) is 19.1 Å². The van der Waals surface area contributed by atoms with Gasteiger partial charge in [-0.3, -0.25) is 14.4 Å². The number of ether oxygens (including phenoxy) is 2. The highest BCUT2D eigenvalue weighted by Crippen LogP contribution is 2.44. The maximum absolute atomic E-state index is 13.2. The molecular weight excluding hydrogens is 414 g/mol. The number of fused-ring (bicyclic) bond motifs is 2. The first kappa shape index (κ1) is 20.8. The van der Waals surface area contributed by atoms with Crippen LogP contribution in [0, 0.1) is 0 Å². The largest absolute Gasteiger partial charge is 0.457 e.